The molecule has 3 aromatic rings. The molecule has 9 nitrogen and oxygen atoms in total. The minimum atomic E-state index is -0.469. The lowest BCUT2D eigenvalue weighted by molar-refractivity contribution is -0.125. The summed E-state index contributed by atoms with van der Waals surface area (Å²) < 4.78 is 2.27. The Morgan fingerprint density at radius 3 is 2.57 bits per heavy atom. The number of H-pyrrole nitrogens is 1. The number of carbonyl (C=O) groups is 2. The van der Waals surface area contributed by atoms with Crippen LogP contribution < -0.4 is 21.9 Å². The van der Waals surface area contributed by atoms with Crippen molar-refractivity contribution in [1.29, 1.82) is 0 Å². The molecule has 0 spiro atoms. The van der Waals surface area contributed by atoms with E-state index in [1.807, 2.05) is 24.3 Å². The van der Waals surface area contributed by atoms with E-state index in [0.717, 1.165) is 21.0 Å². The van der Waals surface area contributed by atoms with Gasteiger partial charge in [0.2, 0.25) is 11.8 Å². The molecule has 0 atom stereocenters. The first-order chi connectivity index (χ1) is 13.4. The van der Waals surface area contributed by atoms with E-state index in [2.05, 4.69) is 15.6 Å². The second-order valence-electron chi connectivity index (χ2n) is 6.46. The second-order valence-corrected chi connectivity index (χ2v) is 6.46. The molecule has 0 radical (unpaired) electrons. The van der Waals surface area contributed by atoms with Gasteiger partial charge in [0, 0.05) is 43.0 Å². The lowest BCUT2D eigenvalue weighted by atomic mass is 10.1. The summed E-state index contributed by atoms with van der Waals surface area (Å²) in [7, 11) is 2.91. The van der Waals surface area contributed by atoms with Gasteiger partial charge in [-0.3, -0.25) is 23.5 Å². The van der Waals surface area contributed by atoms with E-state index in [1.165, 1.54) is 24.7 Å². The van der Waals surface area contributed by atoms with Crippen molar-refractivity contribution in [3.63, 3.8) is 0 Å². The summed E-state index contributed by atoms with van der Waals surface area (Å²) in [6.07, 6.45) is 1.93. The molecule has 3 rings (SSSR count). The molecule has 1 aromatic carbocycles. The first-order valence-electron chi connectivity index (χ1n) is 8.71. The molecule has 2 aromatic heterocycles. The Morgan fingerprint density at radius 2 is 1.79 bits per heavy atom. The number of carbonyl (C=O) groups excluding carboxylic acids is 2. The third-order valence-corrected chi connectivity index (χ3v) is 4.56. The molecule has 9 heteroatoms. The van der Waals surface area contributed by atoms with E-state index in [0.29, 0.717) is 5.69 Å². The summed E-state index contributed by atoms with van der Waals surface area (Å²) in [4.78, 5) is 50.8. The van der Waals surface area contributed by atoms with Crippen LogP contribution in [0.2, 0.25) is 0 Å². The summed E-state index contributed by atoms with van der Waals surface area (Å²) >= 11 is 0. The summed E-state index contributed by atoms with van der Waals surface area (Å²) in [5.41, 5.74) is 1.26. The first-order valence-corrected chi connectivity index (χ1v) is 8.71. The quantitative estimate of drug-likeness (QED) is 0.534. The van der Waals surface area contributed by atoms with Gasteiger partial charge in [-0.1, -0.05) is 18.2 Å². The lowest BCUT2D eigenvalue weighted by Gasteiger charge is -2.11. The molecular weight excluding hydrogens is 362 g/mol. The van der Waals surface area contributed by atoms with Crippen LogP contribution >= 0.6 is 0 Å². The Morgan fingerprint density at radius 1 is 1.04 bits per heavy atom. The Balaban J connectivity index is 1.53. The summed E-state index contributed by atoms with van der Waals surface area (Å²) in [6.45, 7) is -0.182. The Hall–Kier alpha value is -3.62. The molecule has 0 fully saturated rings. The van der Waals surface area contributed by atoms with E-state index >= 15 is 0 Å². The normalized spacial score (nSPS) is 10.8. The van der Waals surface area contributed by atoms with Crippen molar-refractivity contribution in [3.8, 4) is 0 Å². The van der Waals surface area contributed by atoms with Gasteiger partial charge in [0.15, 0.2) is 0 Å². The standard InChI is InChI=1S/C19H21N5O4/c1-23-13(8-18(27)24(2)19(23)28)10-21-17(26)11-22-16(25)7-12-9-20-15-6-4-3-5-14(12)15/h3-6,8-9,20H,7,10-11H2,1-2H3,(H,21,26)(H,22,25). The smallest absolute Gasteiger partial charge is 0.330 e. The SMILES string of the molecule is Cn1c(CNC(=O)CNC(=O)Cc2c[nH]c3ccccc23)cc(=O)n(C)c1=O. The molecule has 0 aliphatic heterocycles. The van der Waals surface area contributed by atoms with Crippen LogP contribution in [0.4, 0.5) is 0 Å². The molecule has 2 heterocycles. The molecule has 3 N–H and O–H groups in total. The van der Waals surface area contributed by atoms with E-state index in [-0.39, 0.29) is 25.4 Å². The van der Waals surface area contributed by atoms with Crippen molar-refractivity contribution in [2.75, 3.05) is 6.54 Å². The highest BCUT2D eigenvalue weighted by atomic mass is 16.2. The molecule has 0 bridgehead atoms. The highest BCUT2D eigenvalue weighted by Gasteiger charge is 2.11. The Labute approximate surface area is 160 Å². The van der Waals surface area contributed by atoms with Gasteiger partial charge in [-0.15, -0.1) is 0 Å². The fraction of sp³-hybridized carbons (Fsp3) is 0.263. The Bertz CT molecular complexity index is 1160. The molecule has 0 aliphatic rings. The topological polar surface area (TPSA) is 118 Å². The number of aromatic amines is 1. The fourth-order valence-corrected chi connectivity index (χ4v) is 2.89. The fourth-order valence-electron chi connectivity index (χ4n) is 2.89. The van der Waals surface area contributed by atoms with Gasteiger partial charge >= 0.3 is 5.69 Å². The molecule has 0 saturated heterocycles. The predicted octanol–water partition coefficient (Wildman–Crippen LogP) is -0.460. The molecule has 2 amide bonds. The molecule has 146 valence electrons. The van der Waals surface area contributed by atoms with E-state index in [9.17, 15) is 19.2 Å². The van der Waals surface area contributed by atoms with Crippen molar-refractivity contribution in [2.24, 2.45) is 14.1 Å². The lowest BCUT2D eigenvalue weighted by Crippen LogP contribution is -2.41. The monoisotopic (exact) mass is 383 g/mol. The highest BCUT2D eigenvalue weighted by Crippen LogP contribution is 2.17. The number of hydrogen-bond donors (Lipinski definition) is 3. The maximum Gasteiger partial charge on any atom is 0.330 e. The second kappa shape index (κ2) is 7.95. The van der Waals surface area contributed by atoms with Crippen LogP contribution in [0.5, 0.6) is 0 Å². The van der Waals surface area contributed by atoms with Gasteiger partial charge in [-0.2, -0.15) is 0 Å². The molecule has 0 aliphatic carbocycles. The number of para-hydroxylation sites is 1. The zero-order valence-electron chi connectivity index (χ0n) is 15.6. The van der Waals surface area contributed by atoms with Crippen LogP contribution in [0.15, 0.2) is 46.1 Å². The number of fused-ring (bicyclic) bond motifs is 1. The zero-order chi connectivity index (χ0) is 20.3. The van der Waals surface area contributed by atoms with Crippen LogP contribution in [0.3, 0.4) is 0 Å². The highest BCUT2D eigenvalue weighted by molar-refractivity contribution is 5.90. The van der Waals surface area contributed by atoms with Crippen LogP contribution in [0.1, 0.15) is 11.3 Å². The van der Waals surface area contributed by atoms with Gasteiger partial charge < -0.3 is 15.6 Å². The van der Waals surface area contributed by atoms with Crippen LogP contribution in [0.25, 0.3) is 10.9 Å². The maximum atomic E-state index is 12.1. The summed E-state index contributed by atoms with van der Waals surface area (Å²) in [6, 6.07) is 8.95. The number of amides is 2. The minimum Gasteiger partial charge on any atom is -0.361 e. The number of nitrogens with zero attached hydrogens (tertiary/aromatic N) is 2. The summed E-state index contributed by atoms with van der Waals surface area (Å²) in [5.74, 6) is -0.693. The van der Waals surface area contributed by atoms with Gasteiger partial charge in [-0.05, 0) is 11.6 Å². The van der Waals surface area contributed by atoms with E-state index < -0.39 is 17.2 Å². The number of aromatic nitrogens is 3. The average molecular weight is 383 g/mol. The zero-order valence-corrected chi connectivity index (χ0v) is 15.6. The van der Waals surface area contributed by atoms with E-state index in [4.69, 9.17) is 0 Å². The van der Waals surface area contributed by atoms with Gasteiger partial charge in [-0.25, -0.2) is 4.79 Å². The molecule has 0 saturated carbocycles. The number of benzene rings is 1. The summed E-state index contributed by atoms with van der Waals surface area (Å²) in [5, 5.41) is 6.13. The number of rotatable bonds is 6. The predicted molar refractivity (Wildman–Crippen MR) is 104 cm³/mol. The van der Waals surface area contributed by atoms with Crippen LogP contribution in [-0.4, -0.2) is 32.5 Å². The van der Waals surface area contributed by atoms with Crippen LogP contribution in [0, 0.1) is 0 Å². The number of nitrogens with one attached hydrogen (secondary N) is 3. The van der Waals surface area contributed by atoms with Crippen molar-refractivity contribution in [2.45, 2.75) is 13.0 Å². The molecule has 0 unspecified atom stereocenters. The van der Waals surface area contributed by atoms with Crippen molar-refractivity contribution >= 4 is 22.7 Å². The minimum absolute atomic E-state index is 0.0129. The van der Waals surface area contributed by atoms with Gasteiger partial charge in [0.25, 0.3) is 5.56 Å². The third-order valence-electron chi connectivity index (χ3n) is 4.56. The molecular formula is C19H21N5O4. The maximum absolute atomic E-state index is 12.1. The van der Waals surface area contributed by atoms with Crippen LogP contribution in [-0.2, 0) is 36.6 Å². The average Bonchev–Trinajstić information content (AvgIpc) is 3.09. The van der Waals surface area contributed by atoms with E-state index in [1.54, 1.807) is 6.20 Å². The van der Waals surface area contributed by atoms with Gasteiger partial charge in [0.05, 0.1) is 19.5 Å². The molecule has 28 heavy (non-hydrogen) atoms. The van der Waals surface area contributed by atoms with Gasteiger partial charge in [0.1, 0.15) is 0 Å². The van der Waals surface area contributed by atoms with Crippen molar-refractivity contribution < 1.29 is 9.59 Å². The first kappa shape index (κ1) is 19.2. The van der Waals surface area contributed by atoms with Crippen molar-refractivity contribution in [1.82, 2.24) is 24.8 Å². The number of hydrogen-bond acceptors (Lipinski definition) is 4. The Kier molecular flexibility index (Phi) is 5.44. The van der Waals surface area contributed by atoms with Crippen molar-refractivity contribution in [3.05, 3.63) is 68.6 Å². The third kappa shape index (κ3) is 4.03. The largest absolute Gasteiger partial charge is 0.361 e.